The van der Waals surface area contributed by atoms with Gasteiger partial charge < -0.3 is 10.6 Å². The summed E-state index contributed by atoms with van der Waals surface area (Å²) < 4.78 is 0.975. The van der Waals surface area contributed by atoms with Gasteiger partial charge in [0.15, 0.2) is 0 Å². The van der Waals surface area contributed by atoms with Crippen LogP contribution >= 0.6 is 15.9 Å². The van der Waals surface area contributed by atoms with Gasteiger partial charge in [-0.25, -0.2) is 9.97 Å². The van der Waals surface area contributed by atoms with Crippen LogP contribution < -0.4 is 10.6 Å². The summed E-state index contributed by atoms with van der Waals surface area (Å²) >= 11 is 3.41. The van der Waals surface area contributed by atoms with Crippen molar-refractivity contribution in [2.24, 2.45) is 0 Å². The predicted octanol–water partition coefficient (Wildman–Crippen LogP) is 4.32. The molecule has 0 aliphatic heterocycles. The number of rotatable bonds is 3. The zero-order chi connectivity index (χ0) is 17.2. The van der Waals surface area contributed by atoms with Gasteiger partial charge in [-0.05, 0) is 64.4 Å². The fraction of sp³-hybridized carbons (Fsp3) is 0.353. The molecule has 0 unspecified atom stereocenters. The van der Waals surface area contributed by atoms with Gasteiger partial charge in [0, 0.05) is 21.4 Å². The van der Waals surface area contributed by atoms with E-state index < -0.39 is 0 Å². The minimum Gasteiger partial charge on any atom is -0.350 e. The summed E-state index contributed by atoms with van der Waals surface area (Å²) in [6.07, 6.45) is 0. The average Bonchev–Trinajstić information content (AvgIpc) is 2.39. The smallest absolute Gasteiger partial charge is 0.274 e. The van der Waals surface area contributed by atoms with Gasteiger partial charge in [0.05, 0.1) is 0 Å². The first kappa shape index (κ1) is 17.4. The van der Waals surface area contributed by atoms with Crippen molar-refractivity contribution in [3.63, 3.8) is 0 Å². The van der Waals surface area contributed by atoms with Gasteiger partial charge in [0.2, 0.25) is 5.95 Å². The number of aromatic nitrogens is 2. The van der Waals surface area contributed by atoms with Crippen molar-refractivity contribution in [3.05, 3.63) is 45.7 Å². The van der Waals surface area contributed by atoms with Gasteiger partial charge >= 0.3 is 0 Å². The fourth-order valence-corrected chi connectivity index (χ4v) is 2.51. The number of hydrogen-bond acceptors (Lipinski definition) is 4. The highest BCUT2D eigenvalue weighted by atomic mass is 79.9. The number of carbonyl (C=O) groups is 1. The largest absolute Gasteiger partial charge is 0.350 e. The maximum Gasteiger partial charge on any atom is 0.274 e. The number of anilines is 2. The molecule has 1 amide bonds. The van der Waals surface area contributed by atoms with E-state index in [1.165, 1.54) is 0 Å². The quantitative estimate of drug-likeness (QED) is 0.836. The maximum atomic E-state index is 12.5. The van der Waals surface area contributed by atoms with Crippen molar-refractivity contribution in [2.45, 2.75) is 40.2 Å². The summed E-state index contributed by atoms with van der Waals surface area (Å²) in [6.45, 7) is 9.84. The molecule has 122 valence electrons. The lowest BCUT2D eigenvalue weighted by Gasteiger charge is -2.21. The molecule has 0 radical (unpaired) electrons. The lowest BCUT2D eigenvalue weighted by atomic mass is 10.1. The number of nitrogens with zero attached hydrogens (tertiary/aromatic N) is 2. The van der Waals surface area contributed by atoms with Gasteiger partial charge in [-0.1, -0.05) is 15.9 Å². The highest BCUT2D eigenvalue weighted by Crippen LogP contribution is 2.21. The van der Waals surface area contributed by atoms with Crippen LogP contribution in [0.1, 0.15) is 42.5 Å². The minimum atomic E-state index is -0.252. The third kappa shape index (κ3) is 5.03. The van der Waals surface area contributed by atoms with Crippen molar-refractivity contribution in [1.29, 1.82) is 0 Å². The zero-order valence-corrected chi connectivity index (χ0v) is 15.6. The average molecular weight is 377 g/mol. The molecular formula is C17H21BrN4O. The number of carbonyl (C=O) groups excluding carboxylic acids is 1. The van der Waals surface area contributed by atoms with Crippen LogP contribution in [0.15, 0.2) is 28.7 Å². The molecule has 1 aromatic carbocycles. The van der Waals surface area contributed by atoms with Crippen molar-refractivity contribution in [3.8, 4) is 0 Å². The third-order valence-electron chi connectivity index (χ3n) is 3.01. The lowest BCUT2D eigenvalue weighted by molar-refractivity contribution is 0.102. The highest BCUT2D eigenvalue weighted by Gasteiger charge is 2.15. The monoisotopic (exact) mass is 376 g/mol. The molecule has 2 aromatic rings. The second-order valence-electron chi connectivity index (χ2n) is 6.51. The van der Waals surface area contributed by atoms with Crippen molar-refractivity contribution >= 4 is 33.5 Å². The highest BCUT2D eigenvalue weighted by molar-refractivity contribution is 9.10. The van der Waals surface area contributed by atoms with Gasteiger partial charge in [-0.15, -0.1) is 0 Å². The molecule has 2 N–H and O–H groups in total. The Morgan fingerprint density at radius 3 is 2.43 bits per heavy atom. The summed E-state index contributed by atoms with van der Waals surface area (Å²) in [5.41, 5.74) is 2.64. The van der Waals surface area contributed by atoms with Crippen LogP contribution in [0, 0.1) is 13.8 Å². The first-order valence-corrected chi connectivity index (χ1v) is 8.15. The number of aryl methyl sites for hydroxylation is 2. The first-order chi connectivity index (χ1) is 10.6. The van der Waals surface area contributed by atoms with Gasteiger partial charge in [0.25, 0.3) is 5.91 Å². The fourth-order valence-electron chi connectivity index (χ4n) is 2.03. The predicted molar refractivity (Wildman–Crippen MR) is 97.0 cm³/mol. The molecule has 0 spiro atoms. The number of halogens is 1. The van der Waals surface area contributed by atoms with Crippen LogP contribution in [0.3, 0.4) is 0 Å². The lowest BCUT2D eigenvalue weighted by Crippen LogP contribution is -2.28. The van der Waals surface area contributed by atoms with Gasteiger partial charge in [-0.3, -0.25) is 4.79 Å². The molecule has 2 rings (SSSR count). The van der Waals surface area contributed by atoms with Crippen LogP contribution in [-0.2, 0) is 0 Å². The van der Waals surface area contributed by atoms with E-state index in [1.54, 1.807) is 6.07 Å². The van der Waals surface area contributed by atoms with Crippen molar-refractivity contribution in [2.75, 3.05) is 10.6 Å². The van der Waals surface area contributed by atoms with E-state index in [0.717, 1.165) is 21.4 Å². The van der Waals surface area contributed by atoms with E-state index in [0.29, 0.717) is 11.6 Å². The Kier molecular flexibility index (Phi) is 5.04. The van der Waals surface area contributed by atoms with E-state index in [1.807, 2.05) is 52.8 Å². The molecule has 23 heavy (non-hydrogen) atoms. The van der Waals surface area contributed by atoms with Crippen LogP contribution in [0.5, 0.6) is 0 Å². The molecule has 0 aliphatic rings. The first-order valence-electron chi connectivity index (χ1n) is 7.35. The van der Waals surface area contributed by atoms with E-state index in [-0.39, 0.29) is 11.4 Å². The summed E-state index contributed by atoms with van der Waals surface area (Å²) in [7, 11) is 0. The standard InChI is InChI=1S/C17H21BrN4O/c1-10-8-12(18)6-7-13(10)20-15(23)14-9-11(2)19-16(21-14)22-17(3,4)5/h6-9H,1-5H3,(H,20,23)(H,19,21,22). The molecule has 5 nitrogen and oxygen atoms in total. The molecule has 1 heterocycles. The summed E-state index contributed by atoms with van der Waals surface area (Å²) in [6, 6.07) is 7.38. The second-order valence-corrected chi connectivity index (χ2v) is 7.42. The Bertz CT molecular complexity index is 738. The molecule has 0 atom stereocenters. The number of benzene rings is 1. The van der Waals surface area contributed by atoms with Crippen LogP contribution in [0.25, 0.3) is 0 Å². The van der Waals surface area contributed by atoms with Crippen molar-refractivity contribution < 1.29 is 4.79 Å². The Hall–Kier alpha value is -1.95. The Morgan fingerprint density at radius 1 is 1.13 bits per heavy atom. The SMILES string of the molecule is Cc1cc(C(=O)Nc2ccc(Br)cc2C)nc(NC(C)(C)C)n1. The van der Waals surface area contributed by atoms with Crippen LogP contribution in [0.2, 0.25) is 0 Å². The Morgan fingerprint density at radius 2 is 1.83 bits per heavy atom. The van der Waals surface area contributed by atoms with Gasteiger partial charge in [-0.2, -0.15) is 0 Å². The Labute approximate surface area is 145 Å². The molecule has 6 heteroatoms. The van der Waals surface area contributed by atoms with E-state index in [4.69, 9.17) is 0 Å². The molecule has 1 aromatic heterocycles. The summed E-state index contributed by atoms with van der Waals surface area (Å²) in [5.74, 6) is 0.202. The second kappa shape index (κ2) is 6.66. The number of hydrogen-bond donors (Lipinski definition) is 2. The minimum absolute atomic E-state index is 0.177. The molecular weight excluding hydrogens is 356 g/mol. The maximum absolute atomic E-state index is 12.5. The normalized spacial score (nSPS) is 11.2. The topological polar surface area (TPSA) is 66.9 Å². The van der Waals surface area contributed by atoms with E-state index >= 15 is 0 Å². The number of amides is 1. The van der Waals surface area contributed by atoms with E-state index in [9.17, 15) is 4.79 Å². The molecule has 0 saturated heterocycles. The third-order valence-corrected chi connectivity index (χ3v) is 3.50. The molecule has 0 aliphatic carbocycles. The van der Waals surface area contributed by atoms with Crippen LogP contribution in [-0.4, -0.2) is 21.4 Å². The van der Waals surface area contributed by atoms with Crippen LogP contribution in [0.4, 0.5) is 11.6 Å². The summed E-state index contributed by atoms with van der Waals surface area (Å²) in [4.78, 5) is 21.1. The number of nitrogens with one attached hydrogen (secondary N) is 2. The van der Waals surface area contributed by atoms with Gasteiger partial charge in [0.1, 0.15) is 5.69 Å². The molecule has 0 bridgehead atoms. The molecule has 0 fully saturated rings. The summed E-state index contributed by atoms with van der Waals surface area (Å²) in [5, 5.41) is 6.08. The zero-order valence-electron chi connectivity index (χ0n) is 14.0. The van der Waals surface area contributed by atoms with Crippen molar-refractivity contribution in [1.82, 2.24) is 9.97 Å². The Balaban J connectivity index is 2.25. The van der Waals surface area contributed by atoms with E-state index in [2.05, 4.69) is 36.5 Å². The molecule has 0 saturated carbocycles.